The number of benzene rings is 1. The van der Waals surface area contributed by atoms with Gasteiger partial charge in [0.15, 0.2) is 0 Å². The van der Waals surface area contributed by atoms with Crippen LogP contribution in [0, 0.1) is 0 Å². The minimum absolute atomic E-state index is 0.0182. The zero-order chi connectivity index (χ0) is 15.6. The van der Waals surface area contributed by atoms with Gasteiger partial charge in [0.2, 0.25) is 5.91 Å². The third-order valence-corrected chi connectivity index (χ3v) is 3.83. The Kier molecular flexibility index (Phi) is 4.73. The predicted octanol–water partition coefficient (Wildman–Crippen LogP) is 2.70. The fourth-order valence-corrected chi connectivity index (χ4v) is 2.96. The van der Waals surface area contributed by atoms with Gasteiger partial charge in [0, 0.05) is 8.95 Å². The lowest BCUT2D eigenvalue weighted by Crippen LogP contribution is -2.25. The highest BCUT2D eigenvalue weighted by atomic mass is 79.9. The Labute approximate surface area is 136 Å². The molecular weight excluding hydrogens is 408 g/mol. The second-order valence-corrected chi connectivity index (χ2v) is 5.93. The van der Waals surface area contributed by atoms with Gasteiger partial charge in [0.1, 0.15) is 18.7 Å². The van der Waals surface area contributed by atoms with Crippen LogP contribution in [0.15, 0.2) is 33.7 Å². The molecule has 0 aliphatic carbocycles. The number of halogens is 2. The Bertz CT molecular complexity index is 688. The molecule has 0 radical (unpaired) electrons. The number of carboxylic acids is 1. The van der Waals surface area contributed by atoms with Gasteiger partial charge in [-0.1, -0.05) is 15.9 Å². The van der Waals surface area contributed by atoms with Gasteiger partial charge in [0.25, 0.3) is 0 Å². The first-order chi connectivity index (χ1) is 9.90. The number of aromatic carboxylic acids is 1. The summed E-state index contributed by atoms with van der Waals surface area (Å²) in [7, 11) is 0. The third kappa shape index (κ3) is 3.48. The number of nitrogens with one attached hydrogen (secondary N) is 1. The first kappa shape index (κ1) is 15.6. The van der Waals surface area contributed by atoms with E-state index in [1.807, 2.05) is 0 Å². The molecule has 2 aromatic rings. The molecule has 110 valence electrons. The monoisotopic (exact) mass is 416 g/mol. The van der Waals surface area contributed by atoms with Gasteiger partial charge < -0.3 is 10.4 Å². The smallest absolute Gasteiger partial charge is 0.337 e. The molecule has 1 aromatic heterocycles. The van der Waals surface area contributed by atoms with E-state index in [0.717, 1.165) is 0 Å². The van der Waals surface area contributed by atoms with E-state index in [-0.39, 0.29) is 11.3 Å². The zero-order valence-corrected chi connectivity index (χ0v) is 13.9. The maximum absolute atomic E-state index is 12.2. The highest BCUT2D eigenvalue weighted by Crippen LogP contribution is 2.31. The molecule has 0 spiro atoms. The van der Waals surface area contributed by atoms with Gasteiger partial charge in [-0.25, -0.2) is 14.5 Å². The molecule has 0 bridgehead atoms. The van der Waals surface area contributed by atoms with E-state index in [1.54, 1.807) is 13.0 Å². The van der Waals surface area contributed by atoms with Gasteiger partial charge in [-0.05, 0) is 35.0 Å². The Hall–Kier alpha value is -1.74. The van der Waals surface area contributed by atoms with Crippen molar-refractivity contribution >= 4 is 49.4 Å². The Morgan fingerprint density at radius 2 is 2.10 bits per heavy atom. The second kappa shape index (κ2) is 6.35. The van der Waals surface area contributed by atoms with E-state index < -0.39 is 17.9 Å². The first-order valence-electron chi connectivity index (χ1n) is 5.77. The first-order valence-corrected chi connectivity index (χ1v) is 7.36. The van der Waals surface area contributed by atoms with E-state index >= 15 is 0 Å². The largest absolute Gasteiger partial charge is 0.478 e. The number of aromatic nitrogens is 3. The van der Waals surface area contributed by atoms with Crippen molar-refractivity contribution in [1.29, 1.82) is 0 Å². The van der Waals surface area contributed by atoms with Crippen molar-refractivity contribution in [2.75, 3.05) is 5.32 Å². The summed E-state index contributed by atoms with van der Waals surface area (Å²) in [6.07, 6.45) is 2.74. The number of rotatable bonds is 4. The molecule has 1 aromatic carbocycles. The summed E-state index contributed by atoms with van der Waals surface area (Å²) in [5.74, 6) is -1.54. The molecule has 2 rings (SSSR count). The topological polar surface area (TPSA) is 97.1 Å². The van der Waals surface area contributed by atoms with Gasteiger partial charge in [-0.3, -0.25) is 4.79 Å². The van der Waals surface area contributed by atoms with Crippen molar-refractivity contribution in [3.05, 3.63) is 39.3 Å². The summed E-state index contributed by atoms with van der Waals surface area (Å²) < 4.78 is 2.44. The summed E-state index contributed by atoms with van der Waals surface area (Å²) in [5, 5.41) is 15.7. The summed E-state index contributed by atoms with van der Waals surface area (Å²) in [5.41, 5.74) is 0.179. The van der Waals surface area contributed by atoms with Crippen LogP contribution < -0.4 is 5.32 Å². The molecule has 7 nitrogen and oxygen atoms in total. The molecule has 2 N–H and O–H groups in total. The molecule has 0 aliphatic heterocycles. The van der Waals surface area contributed by atoms with Crippen LogP contribution in [0.2, 0.25) is 0 Å². The molecule has 1 atom stereocenters. The van der Waals surface area contributed by atoms with Crippen molar-refractivity contribution < 1.29 is 14.7 Å². The Morgan fingerprint density at radius 3 is 2.67 bits per heavy atom. The Morgan fingerprint density at radius 1 is 1.38 bits per heavy atom. The maximum Gasteiger partial charge on any atom is 0.337 e. The minimum atomic E-state index is -1.14. The van der Waals surface area contributed by atoms with Gasteiger partial charge in [-0.2, -0.15) is 5.10 Å². The fourth-order valence-electron chi connectivity index (χ4n) is 1.63. The van der Waals surface area contributed by atoms with Crippen LogP contribution in [0.25, 0.3) is 0 Å². The molecular formula is C12H10Br2N4O3. The van der Waals surface area contributed by atoms with E-state index in [0.29, 0.717) is 8.95 Å². The molecule has 0 fully saturated rings. The van der Waals surface area contributed by atoms with E-state index in [1.165, 1.54) is 23.4 Å². The molecule has 1 unspecified atom stereocenters. The molecule has 1 heterocycles. The molecule has 1 amide bonds. The highest BCUT2D eigenvalue weighted by molar-refractivity contribution is 9.11. The number of hydrogen-bond donors (Lipinski definition) is 2. The number of carbonyl (C=O) groups excluding carboxylic acids is 1. The summed E-state index contributed by atoms with van der Waals surface area (Å²) in [6.45, 7) is 1.64. The summed E-state index contributed by atoms with van der Waals surface area (Å²) in [6, 6.07) is 2.45. The lowest BCUT2D eigenvalue weighted by molar-refractivity contribution is -0.119. The summed E-state index contributed by atoms with van der Waals surface area (Å²) >= 11 is 6.46. The average molecular weight is 418 g/mol. The standard InChI is InChI=1S/C12H10Br2N4O3/c1-6(18-5-15-4-16-18)11(19)17-10-8(12(20)21)2-7(13)3-9(10)14/h2-6H,1H3,(H,17,19)(H,20,21). The number of nitrogens with zero attached hydrogens (tertiary/aromatic N) is 3. The van der Waals surface area contributed by atoms with Crippen LogP contribution in [0.1, 0.15) is 23.3 Å². The van der Waals surface area contributed by atoms with Crippen molar-refractivity contribution in [2.24, 2.45) is 0 Å². The normalized spacial score (nSPS) is 12.0. The van der Waals surface area contributed by atoms with Crippen molar-refractivity contribution in [2.45, 2.75) is 13.0 Å². The lowest BCUT2D eigenvalue weighted by Gasteiger charge is -2.15. The average Bonchev–Trinajstić information content (AvgIpc) is 2.94. The fraction of sp³-hybridized carbons (Fsp3) is 0.167. The number of amides is 1. The third-order valence-electron chi connectivity index (χ3n) is 2.75. The van der Waals surface area contributed by atoms with Crippen LogP contribution in [0.5, 0.6) is 0 Å². The van der Waals surface area contributed by atoms with Crippen LogP contribution in [-0.2, 0) is 4.79 Å². The quantitative estimate of drug-likeness (QED) is 0.796. The number of anilines is 1. The van der Waals surface area contributed by atoms with Gasteiger partial charge >= 0.3 is 5.97 Å². The van der Waals surface area contributed by atoms with Crippen molar-refractivity contribution in [3.8, 4) is 0 Å². The second-order valence-electron chi connectivity index (χ2n) is 4.16. The zero-order valence-electron chi connectivity index (χ0n) is 10.7. The maximum atomic E-state index is 12.2. The molecule has 0 saturated carbocycles. The van der Waals surface area contributed by atoms with Gasteiger partial charge in [-0.15, -0.1) is 0 Å². The Balaban J connectivity index is 2.31. The molecule has 21 heavy (non-hydrogen) atoms. The highest BCUT2D eigenvalue weighted by Gasteiger charge is 2.21. The predicted molar refractivity (Wildman–Crippen MR) is 82.2 cm³/mol. The van der Waals surface area contributed by atoms with Crippen LogP contribution in [0.3, 0.4) is 0 Å². The summed E-state index contributed by atoms with van der Waals surface area (Å²) in [4.78, 5) is 27.3. The van der Waals surface area contributed by atoms with E-state index in [9.17, 15) is 14.7 Å². The number of carboxylic acid groups (broad SMARTS) is 1. The van der Waals surface area contributed by atoms with Crippen LogP contribution in [0.4, 0.5) is 5.69 Å². The molecule has 9 heteroatoms. The molecule has 0 saturated heterocycles. The van der Waals surface area contributed by atoms with E-state index in [2.05, 4.69) is 47.3 Å². The van der Waals surface area contributed by atoms with Crippen LogP contribution >= 0.6 is 31.9 Å². The van der Waals surface area contributed by atoms with Crippen LogP contribution in [-0.4, -0.2) is 31.7 Å². The van der Waals surface area contributed by atoms with Crippen molar-refractivity contribution in [3.63, 3.8) is 0 Å². The van der Waals surface area contributed by atoms with Gasteiger partial charge in [0.05, 0.1) is 11.3 Å². The van der Waals surface area contributed by atoms with E-state index in [4.69, 9.17) is 0 Å². The lowest BCUT2D eigenvalue weighted by atomic mass is 10.1. The SMILES string of the molecule is CC(C(=O)Nc1c(Br)cc(Br)cc1C(=O)O)n1cncn1. The minimum Gasteiger partial charge on any atom is -0.478 e. The number of carbonyl (C=O) groups is 2. The number of hydrogen-bond acceptors (Lipinski definition) is 4. The van der Waals surface area contributed by atoms with Crippen molar-refractivity contribution in [1.82, 2.24) is 14.8 Å². The molecule has 0 aliphatic rings.